The van der Waals surface area contributed by atoms with Crippen LogP contribution in [0.1, 0.15) is 16.7 Å². The van der Waals surface area contributed by atoms with Gasteiger partial charge in [-0.05, 0) is 52.9 Å². The highest BCUT2D eigenvalue weighted by atomic mass is 16.5. The summed E-state index contributed by atoms with van der Waals surface area (Å²) in [6.07, 6.45) is 0. The summed E-state index contributed by atoms with van der Waals surface area (Å²) in [6, 6.07) is 29.6. The summed E-state index contributed by atoms with van der Waals surface area (Å²) in [5.41, 5.74) is 6.24. The van der Waals surface area contributed by atoms with Crippen molar-refractivity contribution in [3.8, 4) is 28.4 Å². The molecule has 33 heavy (non-hydrogen) atoms. The fourth-order valence-electron chi connectivity index (χ4n) is 3.67. The molecule has 0 aliphatic rings. The fraction of sp³-hybridized carbons (Fsp3) is 0.138. The van der Waals surface area contributed by atoms with Gasteiger partial charge in [0.15, 0.2) is 17.2 Å². The first kappa shape index (κ1) is 22.0. The minimum absolute atomic E-state index is 0.335. The van der Waals surface area contributed by atoms with Gasteiger partial charge >= 0.3 is 0 Å². The van der Waals surface area contributed by atoms with E-state index in [1.54, 1.807) is 13.2 Å². The Morgan fingerprint density at radius 2 is 1.58 bits per heavy atom. The Morgan fingerprint density at radius 1 is 0.758 bits per heavy atom. The normalized spacial score (nSPS) is 10.3. The molecule has 0 aromatic heterocycles. The Balaban J connectivity index is 1.48. The van der Waals surface area contributed by atoms with Gasteiger partial charge in [0.1, 0.15) is 19.0 Å². The van der Waals surface area contributed by atoms with Gasteiger partial charge < -0.3 is 14.2 Å². The van der Waals surface area contributed by atoms with E-state index in [0.29, 0.717) is 36.1 Å². The number of rotatable bonds is 8. The van der Waals surface area contributed by atoms with Crippen molar-refractivity contribution in [1.82, 2.24) is 0 Å². The quantitative estimate of drug-likeness (QED) is 0.271. The number of nitrogens with zero attached hydrogens (tertiary/aromatic N) is 1. The van der Waals surface area contributed by atoms with E-state index in [0.717, 1.165) is 11.1 Å². The average molecular weight is 436 g/mol. The Labute approximate surface area is 194 Å². The molecule has 0 N–H and O–H groups in total. The number of hydrogen-bond acceptors (Lipinski definition) is 3. The van der Waals surface area contributed by atoms with Crippen LogP contribution in [0.3, 0.4) is 0 Å². The molecular formula is C29H25NO3. The molecule has 4 aromatic rings. The Kier molecular flexibility index (Phi) is 6.92. The Hall–Kier alpha value is -4.23. The molecule has 0 atom stereocenters. The molecule has 0 bridgehead atoms. The van der Waals surface area contributed by atoms with Crippen LogP contribution in [0.25, 0.3) is 16.0 Å². The van der Waals surface area contributed by atoms with Crippen molar-refractivity contribution in [2.75, 3.05) is 7.11 Å². The highest BCUT2D eigenvalue weighted by Crippen LogP contribution is 2.33. The summed E-state index contributed by atoms with van der Waals surface area (Å²) in [4.78, 5) is 3.47. The highest BCUT2D eigenvalue weighted by Gasteiger charge is 2.10. The molecule has 0 unspecified atom stereocenters. The smallest absolute Gasteiger partial charge is 0.187 e. The molecule has 4 rings (SSSR count). The number of methoxy groups -OCH3 is 1. The van der Waals surface area contributed by atoms with Crippen LogP contribution in [0.15, 0.2) is 91.0 Å². The first-order chi connectivity index (χ1) is 16.2. The van der Waals surface area contributed by atoms with E-state index in [9.17, 15) is 0 Å². The second-order valence-corrected chi connectivity index (χ2v) is 7.63. The van der Waals surface area contributed by atoms with Crippen LogP contribution in [0, 0.1) is 13.5 Å². The number of ether oxygens (including phenoxy) is 3. The van der Waals surface area contributed by atoms with Crippen LogP contribution in [-0.2, 0) is 13.2 Å². The summed E-state index contributed by atoms with van der Waals surface area (Å²) >= 11 is 0. The van der Waals surface area contributed by atoms with Gasteiger partial charge in [-0.1, -0.05) is 66.7 Å². The third-order valence-electron chi connectivity index (χ3n) is 5.49. The van der Waals surface area contributed by atoms with Crippen LogP contribution in [0.2, 0.25) is 0 Å². The molecule has 0 heterocycles. The molecule has 0 amide bonds. The lowest BCUT2D eigenvalue weighted by Gasteiger charge is -2.15. The predicted octanol–water partition coefficient (Wildman–Crippen LogP) is 7.38. The van der Waals surface area contributed by atoms with E-state index < -0.39 is 0 Å². The molecule has 0 aliphatic heterocycles. The zero-order valence-corrected chi connectivity index (χ0v) is 18.7. The summed E-state index contributed by atoms with van der Waals surface area (Å²) in [5, 5.41) is 0. The number of hydrogen-bond donors (Lipinski definition) is 0. The van der Waals surface area contributed by atoms with Crippen LogP contribution in [0.4, 0.5) is 5.69 Å². The van der Waals surface area contributed by atoms with Crippen molar-refractivity contribution in [2.45, 2.75) is 20.1 Å². The van der Waals surface area contributed by atoms with Gasteiger partial charge in [0, 0.05) is 6.07 Å². The predicted molar refractivity (Wildman–Crippen MR) is 131 cm³/mol. The van der Waals surface area contributed by atoms with E-state index in [1.807, 2.05) is 42.5 Å². The summed E-state index contributed by atoms with van der Waals surface area (Å²) in [6.45, 7) is 10.1. The van der Waals surface area contributed by atoms with Gasteiger partial charge in [-0.2, -0.15) is 0 Å². The molecule has 0 spiro atoms. The largest absolute Gasteiger partial charge is 0.493 e. The molecule has 4 nitrogen and oxygen atoms in total. The standard InChI is InChI=1S/C29H25NO3/c1-21-24(12-8-14-27(21)23-10-5-4-6-11-23)20-32-26-15-16-28(31-3)29(18-26)33-19-22-9-7-13-25(17-22)30-2/h4-18H,19-20H2,1,3H3. The lowest BCUT2D eigenvalue weighted by atomic mass is 9.97. The molecule has 0 aliphatic carbocycles. The molecule has 164 valence electrons. The molecular weight excluding hydrogens is 410 g/mol. The van der Waals surface area contributed by atoms with Crippen molar-refractivity contribution >= 4 is 5.69 Å². The second-order valence-electron chi connectivity index (χ2n) is 7.63. The van der Waals surface area contributed by atoms with Crippen LogP contribution in [-0.4, -0.2) is 7.11 Å². The van der Waals surface area contributed by atoms with Gasteiger partial charge in [0.05, 0.1) is 13.7 Å². The van der Waals surface area contributed by atoms with Crippen LogP contribution >= 0.6 is 0 Å². The van der Waals surface area contributed by atoms with Gasteiger partial charge in [-0.25, -0.2) is 4.85 Å². The molecule has 0 saturated heterocycles. The van der Waals surface area contributed by atoms with E-state index in [1.165, 1.54) is 16.7 Å². The van der Waals surface area contributed by atoms with Crippen LogP contribution < -0.4 is 14.2 Å². The van der Waals surface area contributed by atoms with Crippen molar-refractivity contribution in [3.05, 3.63) is 119 Å². The zero-order chi connectivity index (χ0) is 23.0. The second kappa shape index (κ2) is 10.4. The van der Waals surface area contributed by atoms with Crippen molar-refractivity contribution in [1.29, 1.82) is 0 Å². The van der Waals surface area contributed by atoms with Crippen LogP contribution in [0.5, 0.6) is 17.2 Å². The van der Waals surface area contributed by atoms with Gasteiger partial charge in [-0.15, -0.1) is 0 Å². The maximum atomic E-state index is 7.17. The maximum absolute atomic E-state index is 7.17. The van der Waals surface area contributed by atoms with Gasteiger partial charge in [0.25, 0.3) is 0 Å². The van der Waals surface area contributed by atoms with E-state index >= 15 is 0 Å². The zero-order valence-electron chi connectivity index (χ0n) is 18.7. The third-order valence-corrected chi connectivity index (χ3v) is 5.49. The first-order valence-corrected chi connectivity index (χ1v) is 10.7. The van der Waals surface area contributed by atoms with E-state index in [2.05, 4.69) is 54.2 Å². The SMILES string of the molecule is [C-]#[N+]c1cccc(COc2cc(OCc3cccc(-c4ccccc4)c3C)ccc2OC)c1. The Bertz CT molecular complexity index is 1280. The molecule has 4 aromatic carbocycles. The number of benzene rings is 4. The molecule has 0 fully saturated rings. The monoisotopic (exact) mass is 435 g/mol. The highest BCUT2D eigenvalue weighted by molar-refractivity contribution is 5.68. The molecule has 0 saturated carbocycles. The van der Waals surface area contributed by atoms with Crippen molar-refractivity contribution in [2.24, 2.45) is 0 Å². The first-order valence-electron chi connectivity index (χ1n) is 10.7. The minimum Gasteiger partial charge on any atom is -0.493 e. The average Bonchev–Trinajstić information content (AvgIpc) is 2.87. The minimum atomic E-state index is 0.335. The molecule has 0 radical (unpaired) electrons. The maximum Gasteiger partial charge on any atom is 0.187 e. The summed E-state index contributed by atoms with van der Waals surface area (Å²) in [7, 11) is 1.61. The molecule has 4 heteroatoms. The topological polar surface area (TPSA) is 32.0 Å². The summed E-state index contributed by atoms with van der Waals surface area (Å²) < 4.78 is 17.6. The van der Waals surface area contributed by atoms with Gasteiger partial charge in [0.2, 0.25) is 0 Å². The Morgan fingerprint density at radius 3 is 2.36 bits per heavy atom. The lowest BCUT2D eigenvalue weighted by molar-refractivity contribution is 0.274. The van der Waals surface area contributed by atoms with Crippen molar-refractivity contribution < 1.29 is 14.2 Å². The summed E-state index contributed by atoms with van der Waals surface area (Å²) in [5.74, 6) is 1.93. The third kappa shape index (κ3) is 5.34. The van der Waals surface area contributed by atoms with Crippen molar-refractivity contribution in [3.63, 3.8) is 0 Å². The fourth-order valence-corrected chi connectivity index (χ4v) is 3.67. The van der Waals surface area contributed by atoms with E-state index in [-0.39, 0.29) is 0 Å². The van der Waals surface area contributed by atoms with Gasteiger partial charge in [-0.3, -0.25) is 0 Å². The van der Waals surface area contributed by atoms with E-state index in [4.69, 9.17) is 20.8 Å². The lowest BCUT2D eigenvalue weighted by Crippen LogP contribution is -2.01.